The van der Waals surface area contributed by atoms with Crippen LogP contribution in [0.25, 0.3) is 0 Å². The molecule has 0 aliphatic carbocycles. The lowest BCUT2D eigenvalue weighted by molar-refractivity contribution is 0.0928. The van der Waals surface area contributed by atoms with E-state index in [-0.39, 0.29) is 16.6 Å². The number of aryl methyl sites for hydroxylation is 1. The molecule has 0 aliphatic heterocycles. The largest absolute Gasteiger partial charge is 0.343 e. The second kappa shape index (κ2) is 7.20. The van der Waals surface area contributed by atoms with E-state index in [1.54, 1.807) is 0 Å². The van der Waals surface area contributed by atoms with Gasteiger partial charge in [-0.15, -0.1) is 11.3 Å². The molecule has 2 rings (SSSR count). The molecule has 0 fully saturated rings. The Balaban J connectivity index is 2.25. The Morgan fingerprint density at radius 1 is 1.45 bits per heavy atom. The number of carbonyl (C=O) groups is 1. The van der Waals surface area contributed by atoms with Crippen LogP contribution in [0.3, 0.4) is 0 Å². The summed E-state index contributed by atoms with van der Waals surface area (Å²) in [5.74, 6) is -0.768. The van der Waals surface area contributed by atoms with Crippen molar-refractivity contribution in [3.8, 4) is 0 Å². The Labute approximate surface area is 138 Å². The van der Waals surface area contributed by atoms with E-state index in [1.807, 2.05) is 12.3 Å². The number of thiazole rings is 1. The van der Waals surface area contributed by atoms with Gasteiger partial charge in [-0.3, -0.25) is 4.79 Å². The fourth-order valence-electron chi connectivity index (χ4n) is 2.17. The van der Waals surface area contributed by atoms with Gasteiger partial charge in [0.15, 0.2) is 0 Å². The first-order valence-electron chi connectivity index (χ1n) is 7.05. The number of halogens is 2. The first-order chi connectivity index (χ1) is 10.4. The van der Waals surface area contributed by atoms with Gasteiger partial charge in [-0.1, -0.05) is 31.5 Å². The van der Waals surface area contributed by atoms with Crippen LogP contribution in [0.2, 0.25) is 5.02 Å². The summed E-state index contributed by atoms with van der Waals surface area (Å²) in [4.78, 5) is 16.8. The lowest BCUT2D eigenvalue weighted by Crippen LogP contribution is -2.30. The number of benzene rings is 1. The van der Waals surface area contributed by atoms with E-state index in [0.29, 0.717) is 5.92 Å². The van der Waals surface area contributed by atoms with Crippen molar-refractivity contribution in [2.24, 2.45) is 5.92 Å². The maximum Gasteiger partial charge on any atom is 0.256 e. The van der Waals surface area contributed by atoms with E-state index < -0.39 is 11.7 Å². The lowest BCUT2D eigenvalue weighted by Gasteiger charge is -2.19. The summed E-state index contributed by atoms with van der Waals surface area (Å²) in [5.41, 5.74) is 0.790. The zero-order valence-electron chi connectivity index (χ0n) is 12.7. The van der Waals surface area contributed by atoms with Gasteiger partial charge >= 0.3 is 0 Å². The number of carbonyl (C=O) groups excluding carboxylic acids is 1. The third kappa shape index (κ3) is 4.05. The fraction of sp³-hybridized carbons (Fsp3) is 0.375. The monoisotopic (exact) mass is 340 g/mol. The number of aromatic nitrogens is 1. The zero-order valence-corrected chi connectivity index (χ0v) is 14.3. The SMILES string of the molecule is Cc1csc(C(CC(C)C)NC(=O)c2c(F)cccc2Cl)n1. The van der Waals surface area contributed by atoms with Gasteiger partial charge in [0.1, 0.15) is 10.8 Å². The van der Waals surface area contributed by atoms with Crippen LogP contribution in [0.1, 0.15) is 47.4 Å². The number of hydrogen-bond acceptors (Lipinski definition) is 3. The van der Waals surface area contributed by atoms with Gasteiger partial charge in [0.2, 0.25) is 0 Å². The summed E-state index contributed by atoms with van der Waals surface area (Å²) < 4.78 is 13.9. The normalized spacial score (nSPS) is 12.5. The van der Waals surface area contributed by atoms with Crippen LogP contribution < -0.4 is 5.32 Å². The van der Waals surface area contributed by atoms with Crippen molar-refractivity contribution < 1.29 is 9.18 Å². The van der Waals surface area contributed by atoms with E-state index in [9.17, 15) is 9.18 Å². The summed E-state index contributed by atoms with van der Waals surface area (Å²) in [6.45, 7) is 6.04. The zero-order chi connectivity index (χ0) is 16.3. The molecule has 118 valence electrons. The van der Waals surface area contributed by atoms with Crippen LogP contribution in [0.4, 0.5) is 4.39 Å². The summed E-state index contributed by atoms with van der Waals surface area (Å²) >= 11 is 7.44. The van der Waals surface area contributed by atoms with Crippen molar-refractivity contribution in [2.45, 2.75) is 33.2 Å². The maximum atomic E-state index is 13.9. The van der Waals surface area contributed by atoms with Crippen LogP contribution in [0.5, 0.6) is 0 Å². The molecule has 0 radical (unpaired) electrons. The molecular weight excluding hydrogens is 323 g/mol. The summed E-state index contributed by atoms with van der Waals surface area (Å²) in [5, 5.41) is 5.73. The van der Waals surface area contributed by atoms with Gasteiger partial charge in [-0.05, 0) is 31.4 Å². The van der Waals surface area contributed by atoms with Crippen molar-refractivity contribution in [3.63, 3.8) is 0 Å². The van der Waals surface area contributed by atoms with Crippen LogP contribution in [0, 0.1) is 18.7 Å². The van der Waals surface area contributed by atoms with E-state index in [1.165, 1.54) is 29.5 Å². The van der Waals surface area contributed by atoms with Gasteiger partial charge in [-0.25, -0.2) is 9.37 Å². The average molecular weight is 341 g/mol. The van der Waals surface area contributed by atoms with Crippen LogP contribution in [0.15, 0.2) is 23.6 Å². The van der Waals surface area contributed by atoms with E-state index in [4.69, 9.17) is 11.6 Å². The number of hydrogen-bond donors (Lipinski definition) is 1. The van der Waals surface area contributed by atoms with Crippen LogP contribution >= 0.6 is 22.9 Å². The molecule has 1 atom stereocenters. The number of nitrogens with one attached hydrogen (secondary N) is 1. The minimum Gasteiger partial charge on any atom is -0.343 e. The molecule has 2 aromatic rings. The molecule has 0 spiro atoms. The third-order valence-corrected chi connectivity index (χ3v) is 4.53. The van der Waals surface area contributed by atoms with Crippen LogP contribution in [-0.2, 0) is 0 Å². The summed E-state index contributed by atoms with van der Waals surface area (Å²) in [6.07, 6.45) is 0.727. The highest BCUT2D eigenvalue weighted by molar-refractivity contribution is 7.09. The smallest absolute Gasteiger partial charge is 0.256 e. The number of rotatable bonds is 5. The lowest BCUT2D eigenvalue weighted by atomic mass is 10.0. The van der Waals surface area contributed by atoms with Crippen LogP contribution in [-0.4, -0.2) is 10.9 Å². The van der Waals surface area contributed by atoms with Crippen molar-refractivity contribution in [2.75, 3.05) is 0 Å². The molecule has 0 saturated carbocycles. The molecule has 1 aromatic carbocycles. The van der Waals surface area contributed by atoms with Crippen molar-refractivity contribution in [1.82, 2.24) is 10.3 Å². The quantitative estimate of drug-likeness (QED) is 0.852. The molecule has 1 heterocycles. The van der Waals surface area contributed by atoms with E-state index in [2.05, 4.69) is 24.1 Å². The molecule has 3 nitrogen and oxygen atoms in total. The Bertz CT molecular complexity index is 652. The molecule has 0 aliphatic rings. The second-order valence-corrected chi connectivity index (χ2v) is 6.88. The molecule has 1 amide bonds. The average Bonchev–Trinajstić information content (AvgIpc) is 2.84. The topological polar surface area (TPSA) is 42.0 Å². The summed E-state index contributed by atoms with van der Waals surface area (Å²) in [6, 6.07) is 3.96. The molecule has 1 unspecified atom stereocenters. The Kier molecular flexibility index (Phi) is 5.53. The van der Waals surface area contributed by atoms with Gasteiger partial charge in [0.25, 0.3) is 5.91 Å². The number of nitrogens with zero attached hydrogens (tertiary/aromatic N) is 1. The van der Waals surface area contributed by atoms with Crippen molar-refractivity contribution >= 4 is 28.8 Å². The minimum atomic E-state index is -0.622. The molecule has 1 N–H and O–H groups in total. The Hall–Kier alpha value is -1.46. The van der Waals surface area contributed by atoms with Gasteiger partial charge in [0.05, 0.1) is 16.6 Å². The molecule has 0 saturated heterocycles. The predicted octanol–water partition coefficient (Wildman–Crippen LogP) is 4.76. The first kappa shape index (κ1) is 16.9. The minimum absolute atomic E-state index is 0.108. The van der Waals surface area contributed by atoms with Gasteiger partial charge in [-0.2, -0.15) is 0 Å². The molecule has 22 heavy (non-hydrogen) atoms. The van der Waals surface area contributed by atoms with Crippen molar-refractivity contribution in [3.05, 3.63) is 50.7 Å². The fourth-order valence-corrected chi connectivity index (χ4v) is 3.28. The molecule has 6 heteroatoms. The highest BCUT2D eigenvalue weighted by Gasteiger charge is 2.23. The standard InChI is InChI=1S/C16H18ClFN2OS/c1-9(2)7-13(16-19-10(3)8-22-16)20-15(21)14-11(17)5-4-6-12(14)18/h4-6,8-9,13H,7H2,1-3H3,(H,20,21). The second-order valence-electron chi connectivity index (χ2n) is 5.58. The number of amides is 1. The van der Waals surface area contributed by atoms with E-state index in [0.717, 1.165) is 17.1 Å². The Morgan fingerprint density at radius 3 is 2.73 bits per heavy atom. The Morgan fingerprint density at radius 2 is 2.18 bits per heavy atom. The highest BCUT2D eigenvalue weighted by Crippen LogP contribution is 2.26. The molecular formula is C16H18ClFN2OS. The van der Waals surface area contributed by atoms with Crippen molar-refractivity contribution in [1.29, 1.82) is 0 Å². The summed E-state index contributed by atoms with van der Waals surface area (Å²) in [7, 11) is 0. The molecule has 0 bridgehead atoms. The first-order valence-corrected chi connectivity index (χ1v) is 8.31. The predicted molar refractivity (Wildman–Crippen MR) is 87.9 cm³/mol. The van der Waals surface area contributed by atoms with E-state index >= 15 is 0 Å². The maximum absolute atomic E-state index is 13.9. The third-order valence-electron chi connectivity index (χ3n) is 3.14. The highest BCUT2D eigenvalue weighted by atomic mass is 35.5. The van der Waals surface area contributed by atoms with Gasteiger partial charge in [0, 0.05) is 11.1 Å². The molecule has 1 aromatic heterocycles. The van der Waals surface area contributed by atoms with Gasteiger partial charge < -0.3 is 5.32 Å².